The molecule has 0 aromatic heterocycles. The van der Waals surface area contributed by atoms with E-state index in [0.717, 1.165) is 0 Å². The van der Waals surface area contributed by atoms with Crippen LogP contribution in [0.15, 0.2) is 0 Å². The minimum Gasteiger partial charge on any atom is -0.341 e. The van der Waals surface area contributed by atoms with Crippen molar-refractivity contribution in [1.29, 1.82) is 0 Å². The molecule has 0 spiro atoms. The average molecular weight is 1050 g/mol. The van der Waals surface area contributed by atoms with Crippen LogP contribution in [0.3, 0.4) is 0 Å². The normalized spacial score (nSPS) is 30.1. The van der Waals surface area contributed by atoms with Crippen LogP contribution in [-0.2, 0) is 150 Å². The number of ether oxygens (including phenoxy) is 3. The number of hydrogen-bond donors (Lipinski definition) is 8. The van der Waals surface area contributed by atoms with E-state index >= 15 is 0 Å². The van der Waals surface area contributed by atoms with Crippen molar-refractivity contribution in [1.82, 2.24) is 0 Å². The zero-order valence-corrected chi connectivity index (χ0v) is 35.3. The molecule has 2 heterocycles. The van der Waals surface area contributed by atoms with Gasteiger partial charge in [-0.1, -0.05) is 0 Å². The Labute approximate surface area is 327 Å². The van der Waals surface area contributed by atoms with Gasteiger partial charge in [0.15, 0.2) is 18.5 Å². The largest absolute Gasteiger partial charge is 2.00 e. The van der Waals surface area contributed by atoms with E-state index in [4.69, 9.17) is 23.3 Å². The smallest absolute Gasteiger partial charge is 0.341 e. The average Bonchev–Trinajstić information content (AvgIpc) is 3.15. The van der Waals surface area contributed by atoms with Crippen LogP contribution in [0.25, 0.3) is 0 Å². The molecule has 0 radical (unpaired) electrons. The van der Waals surface area contributed by atoms with E-state index < -0.39 is 158 Å². The maximum absolute atomic E-state index is 11.9. The van der Waals surface area contributed by atoms with Crippen molar-refractivity contribution in [3.8, 4) is 0 Å². The number of rotatable bonds is 21. The van der Waals surface area contributed by atoms with Crippen LogP contribution in [-0.4, -0.2) is 178 Å². The SMILES string of the molecule is O=S(=O)(O)OC[C@H]1O[C@@](COS(=O)(=O)O)(O[C@H]2O[C@H](COS(=O)(=O)O)[C@@H](OS(=O)(=O)O)[C@H](OS(=O)(=O)O)[C@H]2OS(=O)(=O)O)[C@@H](OS(=O)(=O)O)[C@@H]1OS(=O)(=O)O.[Zn+2]. The molecule has 2 rings (SSSR count). The Hall–Kier alpha value is -0.537. The van der Waals surface area contributed by atoms with Crippen molar-refractivity contribution in [3.05, 3.63) is 0 Å². The van der Waals surface area contributed by atoms with Crippen LogP contribution >= 0.6 is 0 Å². The Morgan fingerprint density at radius 3 is 1.18 bits per heavy atom. The first-order chi connectivity index (χ1) is 24.2. The van der Waals surface area contributed by atoms with E-state index in [1.54, 1.807) is 0 Å². The molecule has 0 saturated carbocycles. The summed E-state index contributed by atoms with van der Waals surface area (Å²) < 4.78 is 307. The van der Waals surface area contributed by atoms with Crippen molar-refractivity contribution in [2.45, 2.75) is 54.8 Å². The quantitative estimate of drug-likeness (QED) is 0.0391. The van der Waals surface area contributed by atoms with Crippen molar-refractivity contribution in [3.63, 3.8) is 0 Å². The van der Waals surface area contributed by atoms with E-state index in [1.165, 1.54) is 0 Å². The van der Waals surface area contributed by atoms with Gasteiger partial charge in [0.25, 0.3) is 0 Å². The maximum Gasteiger partial charge on any atom is 2.00 e. The van der Waals surface area contributed by atoms with E-state index in [9.17, 15) is 94.7 Å². The molecule has 0 aliphatic carbocycles. The van der Waals surface area contributed by atoms with Crippen LogP contribution in [0.1, 0.15) is 0 Å². The van der Waals surface area contributed by atoms with Gasteiger partial charge in [0.2, 0.25) is 5.79 Å². The molecule has 2 aliphatic heterocycles. The van der Waals surface area contributed by atoms with E-state index in [0.29, 0.717) is 0 Å². The summed E-state index contributed by atoms with van der Waals surface area (Å²) in [5.41, 5.74) is 0. The second kappa shape index (κ2) is 18.6. The summed E-state index contributed by atoms with van der Waals surface area (Å²) in [6.45, 7) is -6.25. The molecule has 2 saturated heterocycles. The molecule has 0 bridgehead atoms. The molecular formula is C12H22O35S8Zn+2. The molecular weight excluding hydrogens is 1030 g/mol. The Balaban J connectivity index is 0.0000157. The Bertz CT molecular complexity index is 2280. The first kappa shape index (κ1) is 53.5. The minimum atomic E-state index is -6.24. The zero-order valence-electron chi connectivity index (χ0n) is 25.8. The minimum absolute atomic E-state index is 0. The molecule has 0 aromatic carbocycles. The molecule has 9 atom stereocenters. The fourth-order valence-corrected chi connectivity index (χ4v) is 7.68. The summed E-state index contributed by atoms with van der Waals surface area (Å²) in [6, 6.07) is 0. The van der Waals surface area contributed by atoms with Crippen LogP contribution in [0.4, 0.5) is 0 Å². The molecule has 8 N–H and O–H groups in total. The van der Waals surface area contributed by atoms with Gasteiger partial charge in [-0.3, -0.25) is 36.4 Å². The van der Waals surface area contributed by atoms with Crippen LogP contribution in [0.5, 0.6) is 0 Å². The van der Waals surface area contributed by atoms with Crippen molar-refractivity contribution in [2.75, 3.05) is 19.8 Å². The van der Waals surface area contributed by atoms with Crippen molar-refractivity contribution >= 4 is 83.2 Å². The first-order valence-corrected chi connectivity index (χ1v) is 23.2. The predicted octanol–water partition coefficient (Wildman–Crippen LogP) is -6.78. The summed E-state index contributed by atoms with van der Waals surface area (Å²) in [5.74, 6) is -4.12. The second-order valence-corrected chi connectivity index (χ2v) is 18.2. The molecule has 2 fully saturated rings. The van der Waals surface area contributed by atoms with Gasteiger partial charge in [-0.15, -0.1) is 0 Å². The zero-order chi connectivity index (χ0) is 43.0. The van der Waals surface area contributed by atoms with E-state index in [2.05, 4.69) is 33.5 Å². The molecule has 0 amide bonds. The van der Waals surface area contributed by atoms with E-state index in [-0.39, 0.29) is 19.5 Å². The molecule has 328 valence electrons. The topological polar surface area (TPSA) is 536 Å². The molecule has 2 aliphatic rings. The van der Waals surface area contributed by atoms with Gasteiger partial charge in [0.05, 0.1) is 13.2 Å². The summed E-state index contributed by atoms with van der Waals surface area (Å²) in [6.07, 6.45) is -26.0. The standard InChI is InChI=1S/C12H22O35S8.Zn/c13-48(14,15)37-1-4-6(43-51(22,23)24)8(45-53(28,29)30)9(46-54(31,32)33)11(40-4)42-12(3-39-50(19,20)21)10(47-55(34,35)36)7(44-52(25,26)27)5(41-12)2-38-49(16,17)18;/h4-11H,1-3H2,(H,13,14,15)(H,16,17,18)(H,19,20,21)(H,22,23,24)(H,25,26,27)(H,28,29,30)(H,31,32,33)(H,34,35,36);/q;+2/t4-,5-,6-,7-,8+,9-,10+,11-,12+;/m1./s1. The maximum atomic E-state index is 11.9. The van der Waals surface area contributed by atoms with Gasteiger partial charge in [0, 0.05) is 0 Å². The van der Waals surface area contributed by atoms with Gasteiger partial charge in [-0.05, 0) is 0 Å². The molecule has 0 aromatic rings. The Morgan fingerprint density at radius 2 is 0.786 bits per heavy atom. The summed E-state index contributed by atoms with van der Waals surface area (Å²) in [5, 5.41) is 0. The molecule has 44 heteroatoms. The van der Waals surface area contributed by atoms with Gasteiger partial charge >= 0.3 is 103 Å². The van der Waals surface area contributed by atoms with Crippen LogP contribution in [0.2, 0.25) is 0 Å². The summed E-state index contributed by atoms with van der Waals surface area (Å²) in [7, 11) is -48.3. The second-order valence-electron chi connectivity index (χ2n) is 9.64. The van der Waals surface area contributed by atoms with Crippen molar-refractivity contribution in [2.24, 2.45) is 0 Å². The first-order valence-electron chi connectivity index (χ1n) is 12.3. The monoisotopic (exact) mass is 1050 g/mol. The third-order valence-corrected chi connectivity index (χ3v) is 9.28. The fourth-order valence-electron chi connectivity index (χ4n) is 4.24. The van der Waals surface area contributed by atoms with Gasteiger partial charge in [0.1, 0.15) is 37.1 Å². The van der Waals surface area contributed by atoms with Crippen LogP contribution in [0, 0.1) is 0 Å². The predicted molar refractivity (Wildman–Crippen MR) is 152 cm³/mol. The molecule has 35 nitrogen and oxygen atoms in total. The Kier molecular flexibility index (Phi) is 17.8. The van der Waals surface area contributed by atoms with Crippen molar-refractivity contribution < 1.29 is 171 Å². The van der Waals surface area contributed by atoms with Gasteiger partial charge < -0.3 is 14.2 Å². The van der Waals surface area contributed by atoms with Gasteiger partial charge in [-0.25, -0.2) is 33.5 Å². The number of hydrogen-bond acceptors (Lipinski definition) is 27. The Morgan fingerprint density at radius 1 is 0.429 bits per heavy atom. The summed E-state index contributed by atoms with van der Waals surface area (Å²) >= 11 is 0. The molecule has 56 heavy (non-hydrogen) atoms. The van der Waals surface area contributed by atoms with E-state index in [1.807, 2.05) is 0 Å². The third-order valence-electron chi connectivity index (χ3n) is 5.68. The summed E-state index contributed by atoms with van der Waals surface area (Å²) in [4.78, 5) is 0. The molecule has 0 unspecified atom stereocenters. The third kappa shape index (κ3) is 19.2. The van der Waals surface area contributed by atoms with Gasteiger partial charge in [-0.2, -0.15) is 67.3 Å². The van der Waals surface area contributed by atoms with Crippen LogP contribution < -0.4 is 0 Å². The fraction of sp³-hybridized carbons (Fsp3) is 1.00.